The highest BCUT2D eigenvalue weighted by molar-refractivity contribution is 5.75. The van der Waals surface area contributed by atoms with Crippen LogP contribution < -0.4 is 4.74 Å². The molecule has 1 aromatic carbocycles. The summed E-state index contributed by atoms with van der Waals surface area (Å²) in [5, 5.41) is 17.8. The maximum absolute atomic E-state index is 11.3. The molecule has 15 heavy (non-hydrogen) atoms. The number of ether oxygens (including phenoxy) is 1. The predicted octanol–water partition coefficient (Wildman–Crippen LogP) is 1.10. The van der Waals surface area contributed by atoms with Gasteiger partial charge in [0.2, 0.25) is 0 Å². The SMILES string of the molecule is N#CC1CN1C(=O)Oc1ccccc1O. The van der Waals surface area contributed by atoms with Gasteiger partial charge in [-0.25, -0.2) is 4.79 Å². The van der Waals surface area contributed by atoms with E-state index in [1.54, 1.807) is 12.1 Å². The van der Waals surface area contributed by atoms with E-state index in [4.69, 9.17) is 10.00 Å². The second kappa shape index (κ2) is 3.50. The highest BCUT2D eigenvalue weighted by Crippen LogP contribution is 2.27. The molecule has 0 spiro atoms. The molecule has 2 rings (SSSR count). The molecule has 5 heteroatoms. The maximum atomic E-state index is 11.3. The molecule has 76 valence electrons. The largest absolute Gasteiger partial charge is 0.504 e. The quantitative estimate of drug-likeness (QED) is 0.695. The van der Waals surface area contributed by atoms with Gasteiger partial charge in [-0.1, -0.05) is 12.1 Å². The van der Waals surface area contributed by atoms with Crippen molar-refractivity contribution in [3.8, 4) is 17.6 Å². The molecule has 1 heterocycles. The number of rotatable bonds is 1. The molecule has 1 aliphatic heterocycles. The van der Waals surface area contributed by atoms with Gasteiger partial charge in [0.1, 0.15) is 6.04 Å². The van der Waals surface area contributed by atoms with Crippen LogP contribution in [0.25, 0.3) is 0 Å². The first-order chi connectivity index (χ1) is 7.22. The van der Waals surface area contributed by atoms with E-state index in [0.717, 1.165) is 0 Å². The van der Waals surface area contributed by atoms with Crippen molar-refractivity contribution in [3.05, 3.63) is 24.3 Å². The van der Waals surface area contributed by atoms with Crippen LogP contribution >= 0.6 is 0 Å². The molecule has 1 N–H and O–H groups in total. The minimum absolute atomic E-state index is 0.0961. The predicted molar refractivity (Wildman–Crippen MR) is 50.2 cm³/mol. The van der Waals surface area contributed by atoms with E-state index >= 15 is 0 Å². The molecule has 1 aromatic rings. The van der Waals surface area contributed by atoms with E-state index in [-0.39, 0.29) is 17.5 Å². The number of carbonyl (C=O) groups is 1. The van der Waals surface area contributed by atoms with Gasteiger partial charge in [0.25, 0.3) is 0 Å². The molecule has 1 aliphatic rings. The Morgan fingerprint density at radius 2 is 2.33 bits per heavy atom. The van der Waals surface area contributed by atoms with Crippen LogP contribution in [0.2, 0.25) is 0 Å². The molecule has 0 aromatic heterocycles. The number of nitriles is 1. The Labute approximate surface area is 86.1 Å². The third kappa shape index (κ3) is 1.83. The Hall–Kier alpha value is -2.22. The molecule has 0 bridgehead atoms. The number of amides is 1. The van der Waals surface area contributed by atoms with Crippen LogP contribution in [0.1, 0.15) is 0 Å². The van der Waals surface area contributed by atoms with E-state index in [1.165, 1.54) is 17.0 Å². The molecular weight excluding hydrogens is 196 g/mol. The number of para-hydroxylation sites is 2. The highest BCUT2D eigenvalue weighted by Gasteiger charge is 2.40. The fourth-order valence-electron chi connectivity index (χ4n) is 1.15. The molecule has 5 nitrogen and oxygen atoms in total. The van der Waals surface area contributed by atoms with Crippen LogP contribution in [0.15, 0.2) is 24.3 Å². The van der Waals surface area contributed by atoms with Gasteiger partial charge in [-0.2, -0.15) is 5.26 Å². The van der Waals surface area contributed by atoms with Gasteiger partial charge in [-0.05, 0) is 12.1 Å². The lowest BCUT2D eigenvalue weighted by molar-refractivity contribution is 0.182. The van der Waals surface area contributed by atoms with Crippen LogP contribution in [-0.2, 0) is 0 Å². The average molecular weight is 204 g/mol. The van der Waals surface area contributed by atoms with Crippen molar-refractivity contribution >= 4 is 6.09 Å². The summed E-state index contributed by atoms with van der Waals surface area (Å²) in [5.41, 5.74) is 0. The van der Waals surface area contributed by atoms with Gasteiger partial charge in [0, 0.05) is 0 Å². The minimum atomic E-state index is -0.608. The van der Waals surface area contributed by atoms with E-state index in [0.29, 0.717) is 6.54 Å². The van der Waals surface area contributed by atoms with Gasteiger partial charge in [0.05, 0.1) is 12.6 Å². The monoisotopic (exact) mass is 204 g/mol. The topological polar surface area (TPSA) is 73.3 Å². The minimum Gasteiger partial charge on any atom is -0.504 e. The van der Waals surface area contributed by atoms with E-state index in [2.05, 4.69) is 0 Å². The molecule has 0 saturated carbocycles. The van der Waals surface area contributed by atoms with Gasteiger partial charge in [-0.3, -0.25) is 4.90 Å². The Kier molecular flexibility index (Phi) is 2.18. The van der Waals surface area contributed by atoms with Crippen molar-refractivity contribution in [2.45, 2.75) is 6.04 Å². The van der Waals surface area contributed by atoms with Crippen LogP contribution in [0.3, 0.4) is 0 Å². The third-order valence-corrected chi connectivity index (χ3v) is 2.06. The third-order valence-electron chi connectivity index (χ3n) is 2.06. The molecular formula is C10H8N2O3. The van der Waals surface area contributed by atoms with E-state index < -0.39 is 6.09 Å². The summed E-state index contributed by atoms with van der Waals surface area (Å²) < 4.78 is 4.89. The Balaban J connectivity index is 2.02. The van der Waals surface area contributed by atoms with E-state index in [1.807, 2.05) is 6.07 Å². The highest BCUT2D eigenvalue weighted by atomic mass is 16.6. The molecule has 1 atom stereocenters. The summed E-state index contributed by atoms with van der Waals surface area (Å²) in [4.78, 5) is 12.6. The Morgan fingerprint density at radius 3 is 2.93 bits per heavy atom. The van der Waals surface area contributed by atoms with Crippen molar-refractivity contribution in [3.63, 3.8) is 0 Å². The van der Waals surface area contributed by atoms with Gasteiger partial charge in [0.15, 0.2) is 11.5 Å². The first-order valence-corrected chi connectivity index (χ1v) is 4.38. The summed E-state index contributed by atoms with van der Waals surface area (Å²) in [7, 11) is 0. The number of aromatic hydroxyl groups is 1. The Morgan fingerprint density at radius 1 is 1.60 bits per heavy atom. The molecule has 1 fully saturated rings. The summed E-state index contributed by atoms with van der Waals surface area (Å²) in [6, 6.07) is 7.73. The lowest BCUT2D eigenvalue weighted by atomic mass is 10.3. The summed E-state index contributed by atoms with van der Waals surface area (Å²) in [6.45, 7) is 0.392. The van der Waals surface area contributed by atoms with Crippen molar-refractivity contribution in [1.82, 2.24) is 4.90 Å². The normalized spacial score (nSPS) is 18.1. The van der Waals surface area contributed by atoms with Crippen LogP contribution in [0.5, 0.6) is 11.5 Å². The number of benzene rings is 1. The lowest BCUT2D eigenvalue weighted by Gasteiger charge is -2.05. The van der Waals surface area contributed by atoms with Gasteiger partial charge in [-0.15, -0.1) is 0 Å². The maximum Gasteiger partial charge on any atom is 0.416 e. The molecule has 1 unspecified atom stereocenters. The van der Waals surface area contributed by atoms with Crippen LogP contribution in [0, 0.1) is 11.3 Å². The average Bonchev–Trinajstić information content (AvgIpc) is 3.00. The molecule has 1 saturated heterocycles. The molecule has 0 radical (unpaired) electrons. The van der Waals surface area contributed by atoms with Crippen molar-refractivity contribution in [2.24, 2.45) is 0 Å². The number of phenols is 1. The second-order valence-corrected chi connectivity index (χ2v) is 3.13. The number of phenolic OH excluding ortho intramolecular Hbond substituents is 1. The first-order valence-electron chi connectivity index (χ1n) is 4.38. The molecule has 0 aliphatic carbocycles. The van der Waals surface area contributed by atoms with Crippen LogP contribution in [-0.4, -0.2) is 28.7 Å². The van der Waals surface area contributed by atoms with Crippen molar-refractivity contribution in [1.29, 1.82) is 5.26 Å². The van der Waals surface area contributed by atoms with Gasteiger partial charge >= 0.3 is 6.09 Å². The van der Waals surface area contributed by atoms with Crippen LogP contribution in [0.4, 0.5) is 4.79 Å². The fraction of sp³-hybridized carbons (Fsp3) is 0.200. The number of hydrogen-bond acceptors (Lipinski definition) is 4. The van der Waals surface area contributed by atoms with E-state index in [9.17, 15) is 9.90 Å². The van der Waals surface area contributed by atoms with Gasteiger partial charge < -0.3 is 9.84 Å². The number of hydrogen-bond donors (Lipinski definition) is 1. The zero-order valence-electron chi connectivity index (χ0n) is 7.75. The summed E-state index contributed by atoms with van der Waals surface area (Å²) >= 11 is 0. The Bertz CT molecular complexity index is 439. The number of nitrogens with zero attached hydrogens (tertiary/aromatic N) is 2. The van der Waals surface area contributed by atoms with Crippen molar-refractivity contribution < 1.29 is 14.6 Å². The zero-order valence-corrected chi connectivity index (χ0v) is 7.75. The lowest BCUT2D eigenvalue weighted by Crippen LogP contribution is -2.17. The first kappa shape index (κ1) is 9.34. The smallest absolute Gasteiger partial charge is 0.416 e. The fourth-order valence-corrected chi connectivity index (χ4v) is 1.15. The zero-order chi connectivity index (χ0) is 10.8. The standard InChI is InChI=1S/C10H8N2O3/c11-5-7-6-12(7)10(14)15-9-4-2-1-3-8(9)13/h1-4,7,13H,6H2. The van der Waals surface area contributed by atoms with Crippen molar-refractivity contribution in [2.75, 3.05) is 6.54 Å². The number of carbonyl (C=O) groups excluding carboxylic acids is 1. The molecule has 1 amide bonds. The summed E-state index contributed by atoms with van der Waals surface area (Å²) in [6.07, 6.45) is -0.608. The second-order valence-electron chi connectivity index (χ2n) is 3.13. The summed E-state index contributed by atoms with van der Waals surface area (Å²) in [5.74, 6) is 0.00676.